The number of aryl methyl sites for hydroxylation is 1. The Morgan fingerprint density at radius 3 is 2.50 bits per heavy atom. The molecule has 2 aromatic carbocycles. The van der Waals surface area contributed by atoms with E-state index >= 15 is 0 Å². The highest BCUT2D eigenvalue weighted by molar-refractivity contribution is 7.91. The highest BCUT2D eigenvalue weighted by atomic mass is 35.5. The highest BCUT2D eigenvalue weighted by Crippen LogP contribution is 2.35. The molecule has 0 aromatic heterocycles. The van der Waals surface area contributed by atoms with Gasteiger partial charge in [0.25, 0.3) is 0 Å². The van der Waals surface area contributed by atoms with Gasteiger partial charge in [-0.05, 0) is 42.3 Å². The van der Waals surface area contributed by atoms with Crippen LogP contribution in [0.2, 0.25) is 5.02 Å². The van der Waals surface area contributed by atoms with E-state index in [4.69, 9.17) is 11.6 Å². The molecule has 2 atom stereocenters. The minimum absolute atomic E-state index is 0.106. The molecule has 2 aliphatic rings. The van der Waals surface area contributed by atoms with Gasteiger partial charge in [-0.1, -0.05) is 36.7 Å². The van der Waals surface area contributed by atoms with Gasteiger partial charge in [-0.15, -0.1) is 0 Å². The van der Waals surface area contributed by atoms with Crippen molar-refractivity contribution in [3.63, 3.8) is 0 Å². The first-order chi connectivity index (χ1) is 14.3. The van der Waals surface area contributed by atoms with Crippen molar-refractivity contribution in [3.05, 3.63) is 59.1 Å². The number of anilines is 2. The van der Waals surface area contributed by atoms with Crippen molar-refractivity contribution in [1.82, 2.24) is 4.90 Å². The number of rotatable bonds is 5. The molecule has 0 spiro atoms. The second-order valence-electron chi connectivity index (χ2n) is 7.57. The standard InChI is InChI=1S/C21H22ClN3O4S/c1-2-14-6-8-17(9-7-14)25-19-13-30(28,29)12-18(19)24(21(25)27)11-20(26)23-16-5-3-4-15(22)10-16/h3-10,18-19H,2,11-13H2,1H3,(H,23,26)/t18-,19-/m1/s1. The van der Waals surface area contributed by atoms with Crippen LogP contribution < -0.4 is 10.2 Å². The van der Waals surface area contributed by atoms with Crippen LogP contribution in [0.3, 0.4) is 0 Å². The van der Waals surface area contributed by atoms with Gasteiger partial charge in [0.15, 0.2) is 9.84 Å². The van der Waals surface area contributed by atoms with Crippen LogP contribution in [0.25, 0.3) is 0 Å². The molecular weight excluding hydrogens is 426 g/mol. The monoisotopic (exact) mass is 447 g/mol. The molecule has 0 aliphatic carbocycles. The number of carbonyl (C=O) groups excluding carboxylic acids is 2. The Kier molecular flexibility index (Phi) is 5.46. The number of amides is 3. The Hall–Kier alpha value is -2.58. The third kappa shape index (κ3) is 4.02. The predicted molar refractivity (Wildman–Crippen MR) is 117 cm³/mol. The van der Waals surface area contributed by atoms with Gasteiger partial charge in [-0.25, -0.2) is 13.2 Å². The highest BCUT2D eigenvalue weighted by Gasteiger charge is 2.54. The molecule has 0 radical (unpaired) electrons. The average Bonchev–Trinajstić information content (AvgIpc) is 3.12. The molecule has 2 aromatic rings. The molecule has 0 bridgehead atoms. The van der Waals surface area contributed by atoms with Crippen LogP contribution in [0.5, 0.6) is 0 Å². The van der Waals surface area contributed by atoms with Crippen LogP contribution in [-0.2, 0) is 21.1 Å². The van der Waals surface area contributed by atoms with Gasteiger partial charge in [-0.2, -0.15) is 0 Å². The van der Waals surface area contributed by atoms with Gasteiger partial charge >= 0.3 is 6.03 Å². The molecule has 4 rings (SSSR count). The molecule has 0 saturated carbocycles. The zero-order chi connectivity index (χ0) is 21.5. The fraction of sp³-hybridized carbons (Fsp3) is 0.333. The van der Waals surface area contributed by atoms with Crippen molar-refractivity contribution in [1.29, 1.82) is 0 Å². The first-order valence-corrected chi connectivity index (χ1v) is 11.9. The van der Waals surface area contributed by atoms with Gasteiger partial charge in [0.05, 0.1) is 23.6 Å². The lowest BCUT2D eigenvalue weighted by atomic mass is 10.1. The minimum Gasteiger partial charge on any atom is -0.324 e. The lowest BCUT2D eigenvalue weighted by Gasteiger charge is -2.22. The number of sulfone groups is 1. The van der Waals surface area contributed by atoms with Crippen LogP contribution in [-0.4, -0.2) is 55.4 Å². The topological polar surface area (TPSA) is 86.8 Å². The number of halogens is 1. The maximum absolute atomic E-state index is 13.2. The van der Waals surface area contributed by atoms with E-state index in [-0.39, 0.29) is 24.1 Å². The summed E-state index contributed by atoms with van der Waals surface area (Å²) in [5.41, 5.74) is 2.28. The number of hydrogen-bond donors (Lipinski definition) is 1. The predicted octanol–water partition coefficient (Wildman–Crippen LogP) is 2.95. The maximum atomic E-state index is 13.2. The lowest BCUT2D eigenvalue weighted by molar-refractivity contribution is -0.116. The van der Waals surface area contributed by atoms with Crippen molar-refractivity contribution in [3.8, 4) is 0 Å². The van der Waals surface area contributed by atoms with E-state index in [0.717, 1.165) is 12.0 Å². The lowest BCUT2D eigenvalue weighted by Crippen LogP contribution is -2.42. The summed E-state index contributed by atoms with van der Waals surface area (Å²) in [6.07, 6.45) is 0.866. The van der Waals surface area contributed by atoms with Crippen molar-refractivity contribution in [2.24, 2.45) is 0 Å². The zero-order valence-electron chi connectivity index (χ0n) is 16.4. The van der Waals surface area contributed by atoms with E-state index in [1.54, 1.807) is 24.3 Å². The van der Waals surface area contributed by atoms with Crippen molar-refractivity contribution < 1.29 is 18.0 Å². The Morgan fingerprint density at radius 2 is 1.83 bits per heavy atom. The third-order valence-electron chi connectivity index (χ3n) is 5.52. The molecule has 7 nitrogen and oxygen atoms in total. The summed E-state index contributed by atoms with van der Waals surface area (Å²) in [7, 11) is -3.30. The van der Waals surface area contributed by atoms with Gasteiger partial charge in [0.2, 0.25) is 5.91 Å². The van der Waals surface area contributed by atoms with Gasteiger partial charge in [0, 0.05) is 16.4 Å². The molecule has 3 amide bonds. The largest absolute Gasteiger partial charge is 0.325 e. The van der Waals surface area contributed by atoms with E-state index < -0.39 is 27.8 Å². The van der Waals surface area contributed by atoms with Crippen LogP contribution in [0.15, 0.2) is 48.5 Å². The molecule has 2 heterocycles. The van der Waals surface area contributed by atoms with Crippen LogP contribution in [0.1, 0.15) is 12.5 Å². The summed E-state index contributed by atoms with van der Waals surface area (Å²) in [5.74, 6) is -0.653. The van der Waals surface area contributed by atoms with Crippen molar-refractivity contribution >= 4 is 44.8 Å². The Morgan fingerprint density at radius 1 is 1.13 bits per heavy atom. The molecule has 2 aliphatic heterocycles. The van der Waals surface area contributed by atoms with Crippen LogP contribution in [0, 0.1) is 0 Å². The van der Waals surface area contributed by atoms with E-state index in [2.05, 4.69) is 5.32 Å². The molecule has 9 heteroatoms. The number of fused-ring (bicyclic) bond motifs is 1. The number of nitrogens with zero attached hydrogens (tertiary/aromatic N) is 2. The minimum atomic E-state index is -3.30. The average molecular weight is 448 g/mol. The molecular formula is C21H22ClN3O4S. The van der Waals surface area contributed by atoms with Crippen LogP contribution in [0.4, 0.5) is 16.2 Å². The summed E-state index contributed by atoms with van der Waals surface area (Å²) in [6, 6.07) is 12.8. The summed E-state index contributed by atoms with van der Waals surface area (Å²) in [5, 5.41) is 3.20. The van der Waals surface area contributed by atoms with Gasteiger partial charge < -0.3 is 10.2 Å². The van der Waals surface area contributed by atoms with Crippen molar-refractivity contribution in [2.45, 2.75) is 25.4 Å². The number of carbonyl (C=O) groups is 2. The molecule has 1 N–H and O–H groups in total. The number of nitrogens with one attached hydrogen (secondary N) is 1. The molecule has 30 heavy (non-hydrogen) atoms. The first kappa shape index (κ1) is 20.7. The molecule has 158 valence electrons. The fourth-order valence-electron chi connectivity index (χ4n) is 4.08. The normalized spacial score (nSPS) is 22.3. The SMILES string of the molecule is CCc1ccc(N2C(=O)N(CC(=O)Nc3cccc(Cl)c3)[C@@H]3CS(=O)(=O)C[C@H]32)cc1. The number of hydrogen-bond acceptors (Lipinski definition) is 4. The van der Waals surface area contributed by atoms with E-state index in [1.165, 1.54) is 9.80 Å². The fourth-order valence-corrected chi connectivity index (χ4v) is 6.22. The Labute approximate surface area is 180 Å². The second-order valence-corrected chi connectivity index (χ2v) is 10.2. The molecule has 0 unspecified atom stereocenters. The van der Waals surface area contributed by atoms with Crippen molar-refractivity contribution in [2.75, 3.05) is 28.3 Å². The first-order valence-electron chi connectivity index (χ1n) is 9.72. The van der Waals surface area contributed by atoms with Gasteiger partial charge in [-0.3, -0.25) is 9.69 Å². The Balaban J connectivity index is 1.57. The van der Waals surface area contributed by atoms with E-state index in [9.17, 15) is 18.0 Å². The zero-order valence-corrected chi connectivity index (χ0v) is 18.0. The Bertz CT molecular complexity index is 1090. The smallest absolute Gasteiger partial charge is 0.324 e. The van der Waals surface area contributed by atoms with Crippen LogP contribution >= 0.6 is 11.6 Å². The summed E-state index contributed by atoms with van der Waals surface area (Å²) >= 11 is 5.95. The van der Waals surface area contributed by atoms with E-state index in [1.807, 2.05) is 31.2 Å². The van der Waals surface area contributed by atoms with E-state index in [0.29, 0.717) is 16.4 Å². The summed E-state index contributed by atoms with van der Waals surface area (Å²) < 4.78 is 24.6. The quantitative estimate of drug-likeness (QED) is 0.714. The summed E-state index contributed by atoms with van der Waals surface area (Å²) in [6.45, 7) is 1.81. The maximum Gasteiger partial charge on any atom is 0.325 e. The molecule has 2 fully saturated rings. The summed E-state index contributed by atoms with van der Waals surface area (Å²) in [4.78, 5) is 28.6. The number of benzene rings is 2. The number of urea groups is 1. The third-order valence-corrected chi connectivity index (χ3v) is 7.46. The molecule has 2 saturated heterocycles. The second kappa shape index (κ2) is 7.92. The van der Waals surface area contributed by atoms with Gasteiger partial charge in [0.1, 0.15) is 6.54 Å².